The minimum absolute atomic E-state index is 0.0810. The van der Waals surface area contributed by atoms with Crippen LogP contribution in [0.2, 0.25) is 0 Å². The van der Waals surface area contributed by atoms with E-state index in [2.05, 4.69) is 4.23 Å². The second-order valence-electron chi connectivity index (χ2n) is 3.53. The molecular weight excluding hydrogens is 315 g/mol. The van der Waals surface area contributed by atoms with Gasteiger partial charge in [-0.15, -0.1) is 0 Å². The number of non-ortho nitro benzene ring substituents is 1. The molecule has 2 aromatic rings. The van der Waals surface area contributed by atoms with Crippen molar-refractivity contribution in [1.29, 1.82) is 0 Å². The first kappa shape index (κ1) is 12.9. The van der Waals surface area contributed by atoms with Crippen LogP contribution in [0.3, 0.4) is 0 Å². The molecule has 0 spiro atoms. The van der Waals surface area contributed by atoms with Gasteiger partial charge in [-0.05, 0) is 0 Å². The van der Waals surface area contributed by atoms with Crippen LogP contribution in [0.25, 0.3) is 0 Å². The number of hydrogen-bond acceptors (Lipinski definition) is 3. The van der Waals surface area contributed by atoms with E-state index < -0.39 is 18.9 Å². The monoisotopic (exact) mass is 324 g/mol. The van der Waals surface area contributed by atoms with E-state index in [-0.39, 0.29) is 5.69 Å². The third-order valence-electron chi connectivity index (χ3n) is 2.29. The summed E-state index contributed by atoms with van der Waals surface area (Å²) in [7, 11) is 6.34. The SMILES string of the molecule is O=[N+]([O-])c1ccc([As](Cl)Nc2ccccc2)cc1. The Morgan fingerprint density at radius 3 is 2.22 bits per heavy atom. The van der Waals surface area contributed by atoms with Crippen LogP contribution in [-0.2, 0) is 0 Å². The topological polar surface area (TPSA) is 55.2 Å². The summed E-state index contributed by atoms with van der Waals surface area (Å²) in [6.07, 6.45) is 0. The van der Waals surface area contributed by atoms with Crippen LogP contribution in [0.5, 0.6) is 0 Å². The normalized spacial score (nSPS) is 11.8. The molecule has 1 atom stereocenters. The Morgan fingerprint density at radius 2 is 1.67 bits per heavy atom. The van der Waals surface area contributed by atoms with E-state index in [9.17, 15) is 10.1 Å². The number of para-hydroxylation sites is 1. The first-order valence-corrected chi connectivity index (χ1v) is 9.53. The van der Waals surface area contributed by atoms with E-state index in [4.69, 9.17) is 9.95 Å². The fourth-order valence-corrected chi connectivity index (χ4v) is 4.41. The Labute approximate surface area is 113 Å². The third-order valence-corrected chi connectivity index (χ3v) is 6.27. The number of rotatable bonds is 4. The Balaban J connectivity index is 2.09. The summed E-state index contributed by atoms with van der Waals surface area (Å²) in [5.41, 5.74) is 1.04. The zero-order valence-electron chi connectivity index (χ0n) is 9.29. The van der Waals surface area contributed by atoms with Gasteiger partial charge in [-0.1, -0.05) is 0 Å². The van der Waals surface area contributed by atoms with E-state index in [1.54, 1.807) is 12.1 Å². The fraction of sp³-hybridized carbons (Fsp3) is 0. The van der Waals surface area contributed by atoms with Crippen LogP contribution >= 0.6 is 9.95 Å². The summed E-state index contributed by atoms with van der Waals surface area (Å²) in [5.74, 6) is 0. The molecule has 0 bridgehead atoms. The molecule has 0 fully saturated rings. The van der Waals surface area contributed by atoms with Crippen molar-refractivity contribution in [2.75, 3.05) is 4.23 Å². The second-order valence-corrected chi connectivity index (χ2v) is 8.02. The molecule has 0 saturated heterocycles. The van der Waals surface area contributed by atoms with Crippen LogP contribution < -0.4 is 8.58 Å². The molecule has 0 amide bonds. The molecule has 0 aliphatic rings. The standard InChI is InChI=1S/C12H10AsClN2O2/c14-13(15-11-4-2-1-3-5-11)10-6-8-12(9-7-10)16(17)18/h1-9,15H. The predicted molar refractivity (Wildman–Crippen MR) is 74.4 cm³/mol. The average Bonchev–Trinajstić information content (AvgIpc) is 2.40. The second kappa shape index (κ2) is 5.89. The van der Waals surface area contributed by atoms with Gasteiger partial charge in [0.1, 0.15) is 0 Å². The Hall–Kier alpha value is -1.51. The molecule has 1 N–H and O–H groups in total. The zero-order chi connectivity index (χ0) is 13.0. The average molecular weight is 325 g/mol. The van der Waals surface area contributed by atoms with Gasteiger partial charge in [-0.25, -0.2) is 0 Å². The van der Waals surface area contributed by atoms with Crippen molar-refractivity contribution in [3.63, 3.8) is 0 Å². The Kier molecular flexibility index (Phi) is 4.23. The number of hydrogen-bond donors (Lipinski definition) is 1. The number of benzene rings is 2. The van der Waals surface area contributed by atoms with E-state index in [1.807, 2.05) is 30.3 Å². The Morgan fingerprint density at radius 1 is 1.06 bits per heavy atom. The molecule has 2 aromatic carbocycles. The van der Waals surface area contributed by atoms with Gasteiger partial charge < -0.3 is 0 Å². The van der Waals surface area contributed by atoms with Crippen molar-refractivity contribution < 1.29 is 4.92 Å². The fourth-order valence-electron chi connectivity index (χ4n) is 1.40. The molecule has 0 aromatic heterocycles. The molecule has 6 heteroatoms. The molecule has 0 saturated carbocycles. The van der Waals surface area contributed by atoms with Gasteiger partial charge in [-0.2, -0.15) is 0 Å². The summed E-state index contributed by atoms with van der Waals surface area (Å²) in [5, 5.41) is 10.5. The van der Waals surface area contributed by atoms with Crippen LogP contribution in [0.15, 0.2) is 54.6 Å². The van der Waals surface area contributed by atoms with Gasteiger partial charge in [0.2, 0.25) is 0 Å². The van der Waals surface area contributed by atoms with Crippen molar-refractivity contribution in [3.8, 4) is 0 Å². The number of nitro benzene ring substituents is 1. The van der Waals surface area contributed by atoms with Crippen LogP contribution in [-0.4, -0.2) is 18.9 Å². The summed E-state index contributed by atoms with van der Waals surface area (Å²) < 4.78 is 4.18. The first-order valence-electron chi connectivity index (χ1n) is 5.19. The van der Waals surface area contributed by atoms with Gasteiger partial charge in [0.25, 0.3) is 0 Å². The number of halogens is 1. The number of anilines is 1. The number of nitrogens with zero attached hydrogens (tertiary/aromatic N) is 1. The van der Waals surface area contributed by atoms with Crippen molar-refractivity contribution in [2.24, 2.45) is 0 Å². The van der Waals surface area contributed by atoms with Gasteiger partial charge in [0, 0.05) is 0 Å². The van der Waals surface area contributed by atoms with Crippen molar-refractivity contribution >= 4 is 39.6 Å². The summed E-state index contributed by atoms with van der Waals surface area (Å²) in [6, 6.07) is 16.0. The van der Waals surface area contributed by atoms with Crippen LogP contribution in [0, 0.1) is 10.1 Å². The van der Waals surface area contributed by atoms with Crippen LogP contribution in [0.4, 0.5) is 11.4 Å². The summed E-state index contributed by atoms with van der Waals surface area (Å²) >= 11 is -1.91. The third kappa shape index (κ3) is 3.25. The maximum absolute atomic E-state index is 10.5. The number of nitro groups is 1. The van der Waals surface area contributed by atoms with E-state index >= 15 is 0 Å². The molecule has 0 heterocycles. The summed E-state index contributed by atoms with van der Waals surface area (Å²) in [6.45, 7) is 0. The van der Waals surface area contributed by atoms with Crippen molar-refractivity contribution in [2.45, 2.75) is 0 Å². The number of nitrogens with one attached hydrogen (secondary N) is 1. The van der Waals surface area contributed by atoms with Crippen LogP contribution in [0.1, 0.15) is 0 Å². The zero-order valence-corrected chi connectivity index (χ0v) is 11.9. The molecule has 1 unspecified atom stereocenters. The quantitative estimate of drug-likeness (QED) is 0.534. The van der Waals surface area contributed by atoms with E-state index in [0.717, 1.165) is 10.0 Å². The molecule has 4 nitrogen and oxygen atoms in total. The van der Waals surface area contributed by atoms with Crippen molar-refractivity contribution in [1.82, 2.24) is 0 Å². The van der Waals surface area contributed by atoms with E-state index in [0.29, 0.717) is 0 Å². The maximum atomic E-state index is 10.5. The minimum atomic E-state index is -1.91. The molecule has 18 heavy (non-hydrogen) atoms. The predicted octanol–water partition coefficient (Wildman–Crippen LogP) is 2.64. The van der Waals surface area contributed by atoms with Gasteiger partial charge in [-0.3, -0.25) is 0 Å². The van der Waals surface area contributed by atoms with Crippen molar-refractivity contribution in [3.05, 3.63) is 64.7 Å². The first-order chi connectivity index (χ1) is 8.66. The molecule has 0 aliphatic heterocycles. The Bertz CT molecular complexity index is 534. The molecule has 0 aliphatic carbocycles. The van der Waals surface area contributed by atoms with Gasteiger partial charge in [0.05, 0.1) is 0 Å². The van der Waals surface area contributed by atoms with Gasteiger partial charge in [0.15, 0.2) is 0 Å². The molecule has 92 valence electrons. The molecule has 2 rings (SSSR count). The van der Waals surface area contributed by atoms with Gasteiger partial charge >= 0.3 is 113 Å². The molecule has 0 radical (unpaired) electrons. The van der Waals surface area contributed by atoms with E-state index in [1.165, 1.54) is 12.1 Å². The summed E-state index contributed by atoms with van der Waals surface area (Å²) in [4.78, 5) is 10.1. The molecular formula is C12H10AsClN2O2.